The molecule has 1 aromatic heterocycles. The minimum absolute atomic E-state index is 0.0452. The molecule has 0 unspecified atom stereocenters. The monoisotopic (exact) mass is 212 g/mol. The van der Waals surface area contributed by atoms with E-state index in [-0.39, 0.29) is 12.2 Å². The standard InChI is InChI=1S/C10H16N2O3/c1-3-15-6-9-11-7(2)8(4-5-13)10(14)12-9/h13H,3-6H2,1-2H3,(H,11,12,14). The second-order valence-electron chi connectivity index (χ2n) is 3.19. The van der Waals surface area contributed by atoms with Crippen molar-refractivity contribution in [2.45, 2.75) is 26.9 Å². The lowest BCUT2D eigenvalue weighted by Crippen LogP contribution is -2.20. The summed E-state index contributed by atoms with van der Waals surface area (Å²) in [5.41, 5.74) is 1.01. The fourth-order valence-electron chi connectivity index (χ4n) is 1.34. The van der Waals surface area contributed by atoms with E-state index in [2.05, 4.69) is 9.97 Å². The largest absolute Gasteiger partial charge is 0.396 e. The van der Waals surface area contributed by atoms with Crippen molar-refractivity contribution in [1.29, 1.82) is 0 Å². The summed E-state index contributed by atoms with van der Waals surface area (Å²) in [4.78, 5) is 18.4. The Bertz CT molecular complexity index is 373. The van der Waals surface area contributed by atoms with Gasteiger partial charge in [-0.3, -0.25) is 4.79 Å². The van der Waals surface area contributed by atoms with Crippen LogP contribution in [0, 0.1) is 6.92 Å². The first kappa shape index (κ1) is 11.9. The number of aliphatic hydroxyl groups is 1. The molecule has 1 aromatic rings. The third-order valence-electron chi connectivity index (χ3n) is 2.08. The van der Waals surface area contributed by atoms with Gasteiger partial charge in [0.15, 0.2) is 0 Å². The minimum Gasteiger partial charge on any atom is -0.396 e. The molecule has 0 aliphatic heterocycles. The molecule has 5 heteroatoms. The molecule has 0 radical (unpaired) electrons. The lowest BCUT2D eigenvalue weighted by Gasteiger charge is -2.05. The van der Waals surface area contributed by atoms with E-state index in [1.165, 1.54) is 0 Å². The maximum atomic E-state index is 11.6. The summed E-state index contributed by atoms with van der Waals surface area (Å²) in [5, 5.41) is 8.77. The van der Waals surface area contributed by atoms with Crippen molar-refractivity contribution in [2.24, 2.45) is 0 Å². The highest BCUT2D eigenvalue weighted by Gasteiger charge is 2.07. The normalized spacial score (nSPS) is 10.6. The summed E-state index contributed by atoms with van der Waals surface area (Å²) in [5.74, 6) is 0.529. The zero-order valence-corrected chi connectivity index (χ0v) is 9.04. The highest BCUT2D eigenvalue weighted by molar-refractivity contribution is 5.16. The molecule has 0 aliphatic rings. The number of aliphatic hydroxyl groups excluding tert-OH is 1. The molecular weight excluding hydrogens is 196 g/mol. The molecule has 84 valence electrons. The van der Waals surface area contributed by atoms with Crippen LogP contribution in [0.1, 0.15) is 24.0 Å². The van der Waals surface area contributed by atoms with Gasteiger partial charge < -0.3 is 14.8 Å². The van der Waals surface area contributed by atoms with E-state index in [4.69, 9.17) is 9.84 Å². The van der Waals surface area contributed by atoms with Crippen molar-refractivity contribution in [3.63, 3.8) is 0 Å². The second kappa shape index (κ2) is 5.63. The summed E-state index contributed by atoms with van der Waals surface area (Å²) in [6, 6.07) is 0. The Morgan fingerprint density at radius 3 is 2.80 bits per heavy atom. The first-order valence-electron chi connectivity index (χ1n) is 4.96. The Kier molecular flexibility index (Phi) is 4.45. The minimum atomic E-state index is -0.189. The van der Waals surface area contributed by atoms with Gasteiger partial charge in [0.2, 0.25) is 0 Å². The van der Waals surface area contributed by atoms with Gasteiger partial charge in [-0.15, -0.1) is 0 Å². The lowest BCUT2D eigenvalue weighted by molar-refractivity contribution is 0.128. The Morgan fingerprint density at radius 2 is 2.27 bits per heavy atom. The summed E-state index contributed by atoms with van der Waals surface area (Å²) in [6.07, 6.45) is 0.336. The third-order valence-corrected chi connectivity index (χ3v) is 2.08. The highest BCUT2D eigenvalue weighted by atomic mass is 16.5. The smallest absolute Gasteiger partial charge is 0.254 e. The number of H-pyrrole nitrogens is 1. The fourth-order valence-corrected chi connectivity index (χ4v) is 1.34. The summed E-state index contributed by atoms with van der Waals surface area (Å²) in [7, 11) is 0. The zero-order valence-electron chi connectivity index (χ0n) is 9.04. The third kappa shape index (κ3) is 3.14. The van der Waals surface area contributed by atoms with Gasteiger partial charge in [-0.1, -0.05) is 0 Å². The second-order valence-corrected chi connectivity index (χ2v) is 3.19. The van der Waals surface area contributed by atoms with Crippen molar-refractivity contribution in [3.05, 3.63) is 27.4 Å². The van der Waals surface area contributed by atoms with Crippen molar-refractivity contribution in [1.82, 2.24) is 9.97 Å². The Labute approximate surface area is 88.1 Å². The summed E-state index contributed by atoms with van der Waals surface area (Å²) < 4.78 is 5.15. The van der Waals surface area contributed by atoms with E-state index in [9.17, 15) is 4.79 Å². The van der Waals surface area contributed by atoms with Gasteiger partial charge in [-0.25, -0.2) is 4.98 Å². The zero-order chi connectivity index (χ0) is 11.3. The molecule has 0 aromatic carbocycles. The van der Waals surface area contributed by atoms with E-state index in [0.717, 1.165) is 0 Å². The van der Waals surface area contributed by atoms with E-state index in [1.807, 2.05) is 6.92 Å². The molecule has 0 fully saturated rings. The molecular formula is C10H16N2O3. The summed E-state index contributed by atoms with van der Waals surface area (Å²) >= 11 is 0. The maximum absolute atomic E-state index is 11.6. The molecule has 0 spiro atoms. The molecule has 0 amide bonds. The SMILES string of the molecule is CCOCc1nc(C)c(CCO)c(=O)[nH]1. The number of nitrogens with one attached hydrogen (secondary N) is 1. The Balaban J connectivity index is 2.92. The molecule has 1 heterocycles. The molecule has 15 heavy (non-hydrogen) atoms. The van der Waals surface area contributed by atoms with Crippen LogP contribution in [0.3, 0.4) is 0 Å². The average molecular weight is 212 g/mol. The van der Waals surface area contributed by atoms with E-state index in [1.54, 1.807) is 6.92 Å². The van der Waals surface area contributed by atoms with Gasteiger partial charge in [0.25, 0.3) is 5.56 Å². The molecule has 2 N–H and O–H groups in total. The number of hydrogen-bond acceptors (Lipinski definition) is 4. The molecule has 5 nitrogen and oxygen atoms in total. The van der Waals surface area contributed by atoms with Crippen molar-refractivity contribution in [2.75, 3.05) is 13.2 Å². The number of aryl methyl sites for hydroxylation is 1. The van der Waals surface area contributed by atoms with Gasteiger partial charge in [0, 0.05) is 30.9 Å². The first-order chi connectivity index (χ1) is 7.19. The number of aromatic nitrogens is 2. The van der Waals surface area contributed by atoms with Crippen molar-refractivity contribution in [3.8, 4) is 0 Å². The van der Waals surface area contributed by atoms with Crippen LogP contribution < -0.4 is 5.56 Å². The van der Waals surface area contributed by atoms with Gasteiger partial charge in [0.1, 0.15) is 12.4 Å². The van der Waals surface area contributed by atoms with Crippen LogP contribution in [-0.2, 0) is 17.8 Å². The average Bonchev–Trinajstić information content (AvgIpc) is 2.20. The van der Waals surface area contributed by atoms with Crippen LogP contribution in [0.25, 0.3) is 0 Å². The van der Waals surface area contributed by atoms with E-state index in [0.29, 0.717) is 36.7 Å². The highest BCUT2D eigenvalue weighted by Crippen LogP contribution is 2.00. The molecule has 0 bridgehead atoms. The topological polar surface area (TPSA) is 75.2 Å². The van der Waals surface area contributed by atoms with E-state index >= 15 is 0 Å². The fraction of sp³-hybridized carbons (Fsp3) is 0.600. The number of ether oxygens (including phenoxy) is 1. The van der Waals surface area contributed by atoms with Crippen LogP contribution >= 0.6 is 0 Å². The predicted molar refractivity (Wildman–Crippen MR) is 55.7 cm³/mol. The number of hydrogen-bond donors (Lipinski definition) is 2. The Morgan fingerprint density at radius 1 is 1.53 bits per heavy atom. The first-order valence-corrected chi connectivity index (χ1v) is 4.96. The summed E-state index contributed by atoms with van der Waals surface area (Å²) in [6.45, 7) is 4.49. The van der Waals surface area contributed by atoms with Gasteiger partial charge in [-0.05, 0) is 13.8 Å². The maximum Gasteiger partial charge on any atom is 0.254 e. The van der Waals surface area contributed by atoms with Crippen molar-refractivity contribution >= 4 is 0 Å². The van der Waals surface area contributed by atoms with Gasteiger partial charge >= 0.3 is 0 Å². The number of nitrogens with zero attached hydrogens (tertiary/aromatic N) is 1. The molecule has 0 saturated heterocycles. The lowest BCUT2D eigenvalue weighted by atomic mass is 10.2. The Hall–Kier alpha value is -1.20. The molecule has 1 rings (SSSR count). The number of aromatic amines is 1. The van der Waals surface area contributed by atoms with Gasteiger partial charge in [0.05, 0.1) is 0 Å². The molecule has 0 atom stereocenters. The van der Waals surface area contributed by atoms with Crippen LogP contribution in [-0.4, -0.2) is 28.3 Å². The van der Waals surface area contributed by atoms with Gasteiger partial charge in [-0.2, -0.15) is 0 Å². The number of rotatable bonds is 5. The molecule has 0 aliphatic carbocycles. The van der Waals surface area contributed by atoms with E-state index < -0.39 is 0 Å². The van der Waals surface area contributed by atoms with Crippen LogP contribution in [0.5, 0.6) is 0 Å². The predicted octanol–water partition coefficient (Wildman–Crippen LogP) is 0.150. The van der Waals surface area contributed by atoms with Crippen LogP contribution in [0.2, 0.25) is 0 Å². The quantitative estimate of drug-likeness (QED) is 0.728. The van der Waals surface area contributed by atoms with Crippen LogP contribution in [0.15, 0.2) is 4.79 Å². The molecule has 0 saturated carbocycles. The van der Waals surface area contributed by atoms with Crippen LogP contribution in [0.4, 0.5) is 0 Å². The van der Waals surface area contributed by atoms with Crippen molar-refractivity contribution < 1.29 is 9.84 Å².